The summed E-state index contributed by atoms with van der Waals surface area (Å²) in [6.07, 6.45) is -4.65. The second kappa shape index (κ2) is 7.31. The van der Waals surface area contributed by atoms with E-state index in [0.29, 0.717) is 13.1 Å². The van der Waals surface area contributed by atoms with Gasteiger partial charge in [-0.25, -0.2) is 0 Å². The van der Waals surface area contributed by atoms with E-state index < -0.39 is 17.6 Å². The van der Waals surface area contributed by atoms with Crippen molar-refractivity contribution in [2.45, 2.75) is 20.0 Å². The highest BCUT2D eigenvalue weighted by molar-refractivity contribution is 6.04. The second-order valence-corrected chi connectivity index (χ2v) is 5.90. The minimum absolute atomic E-state index is 0.00303. The highest BCUT2D eigenvalue weighted by Gasteiger charge is 2.40. The van der Waals surface area contributed by atoms with Crippen LogP contribution >= 0.6 is 0 Å². The molecule has 0 fully saturated rings. The molecule has 0 saturated carbocycles. The van der Waals surface area contributed by atoms with Crippen molar-refractivity contribution in [3.8, 4) is 6.07 Å². The number of amides is 1. The predicted molar refractivity (Wildman–Crippen MR) is 89.6 cm³/mol. The van der Waals surface area contributed by atoms with Gasteiger partial charge in [-0.2, -0.15) is 18.4 Å². The first-order valence-corrected chi connectivity index (χ1v) is 8.12. The zero-order chi connectivity index (χ0) is 18.8. The van der Waals surface area contributed by atoms with Gasteiger partial charge in [-0.1, -0.05) is 13.8 Å². The fraction of sp³-hybridized carbons (Fsp3) is 0.529. The maximum absolute atomic E-state index is 13.5. The van der Waals surface area contributed by atoms with Crippen molar-refractivity contribution >= 4 is 17.3 Å². The lowest BCUT2D eigenvalue weighted by Gasteiger charge is -2.38. The summed E-state index contributed by atoms with van der Waals surface area (Å²) in [6.45, 7) is 6.68. The standard InChI is InChI=1S/C17H21F3N4O/c1-4-23(5-2)6-7-24-11-15(25)22(3)16-13(17(18,19)20)8-12(10-21)9-14(16)24/h8-9H,4-7,11H2,1-3H3. The maximum Gasteiger partial charge on any atom is 0.418 e. The number of halogens is 3. The zero-order valence-corrected chi connectivity index (χ0v) is 14.5. The Bertz CT molecular complexity index is 692. The quantitative estimate of drug-likeness (QED) is 0.816. The Labute approximate surface area is 145 Å². The molecule has 0 aliphatic carbocycles. The van der Waals surface area contributed by atoms with Crippen molar-refractivity contribution in [3.63, 3.8) is 0 Å². The number of alkyl halides is 3. The van der Waals surface area contributed by atoms with Gasteiger partial charge in [-0.3, -0.25) is 4.79 Å². The molecule has 136 valence electrons. The molecule has 0 radical (unpaired) electrons. The summed E-state index contributed by atoms with van der Waals surface area (Å²) in [5, 5.41) is 9.10. The SMILES string of the molecule is CCN(CC)CCN1CC(=O)N(C)c2c1cc(C#N)cc2C(F)(F)F. The van der Waals surface area contributed by atoms with Crippen molar-refractivity contribution in [2.24, 2.45) is 0 Å². The van der Waals surface area contributed by atoms with Gasteiger partial charge in [0.1, 0.15) is 0 Å². The van der Waals surface area contributed by atoms with Crippen LogP contribution in [0.4, 0.5) is 24.5 Å². The molecule has 1 aliphatic rings. The lowest BCUT2D eigenvalue weighted by Crippen LogP contribution is -2.47. The van der Waals surface area contributed by atoms with Gasteiger partial charge in [0.25, 0.3) is 0 Å². The van der Waals surface area contributed by atoms with E-state index in [0.717, 1.165) is 24.1 Å². The van der Waals surface area contributed by atoms with Gasteiger partial charge in [0.05, 0.1) is 35.1 Å². The summed E-state index contributed by atoms with van der Waals surface area (Å²) in [5.41, 5.74) is -0.922. The van der Waals surface area contributed by atoms with E-state index in [1.54, 1.807) is 11.0 Å². The van der Waals surface area contributed by atoms with E-state index in [1.807, 2.05) is 13.8 Å². The highest BCUT2D eigenvalue weighted by Crippen LogP contribution is 2.44. The van der Waals surface area contributed by atoms with Crippen LogP contribution in [0.2, 0.25) is 0 Å². The smallest absolute Gasteiger partial charge is 0.359 e. The minimum atomic E-state index is -4.65. The van der Waals surface area contributed by atoms with Gasteiger partial charge < -0.3 is 14.7 Å². The van der Waals surface area contributed by atoms with E-state index in [-0.39, 0.29) is 23.5 Å². The van der Waals surface area contributed by atoms with Crippen LogP contribution in [0, 0.1) is 11.3 Å². The van der Waals surface area contributed by atoms with Gasteiger partial charge in [-0.05, 0) is 25.2 Å². The first-order valence-electron chi connectivity index (χ1n) is 8.12. The van der Waals surface area contributed by atoms with Crippen LogP contribution in [0.5, 0.6) is 0 Å². The summed E-state index contributed by atoms with van der Waals surface area (Å²) in [6, 6.07) is 4.01. The van der Waals surface area contributed by atoms with Crippen LogP contribution in [0.25, 0.3) is 0 Å². The molecule has 0 atom stereocenters. The summed E-state index contributed by atoms with van der Waals surface area (Å²) >= 11 is 0. The molecule has 0 N–H and O–H groups in total. The molecule has 1 aromatic rings. The average Bonchev–Trinajstić information content (AvgIpc) is 2.57. The number of anilines is 2. The van der Waals surface area contributed by atoms with Crippen LogP contribution in [0.3, 0.4) is 0 Å². The summed E-state index contributed by atoms with van der Waals surface area (Å²) in [7, 11) is 1.34. The molecule has 0 aromatic heterocycles. The topological polar surface area (TPSA) is 50.6 Å². The largest absolute Gasteiger partial charge is 0.418 e. The molecule has 0 unspecified atom stereocenters. The van der Waals surface area contributed by atoms with E-state index in [1.165, 1.54) is 13.1 Å². The van der Waals surface area contributed by atoms with Crippen LogP contribution in [0.15, 0.2) is 12.1 Å². The third-order valence-corrected chi connectivity index (χ3v) is 4.48. The van der Waals surface area contributed by atoms with Gasteiger partial charge in [-0.15, -0.1) is 0 Å². The van der Waals surface area contributed by atoms with Crippen LogP contribution in [-0.2, 0) is 11.0 Å². The zero-order valence-electron chi connectivity index (χ0n) is 14.5. The Morgan fingerprint density at radius 2 is 1.92 bits per heavy atom. The van der Waals surface area contributed by atoms with Gasteiger partial charge in [0.15, 0.2) is 0 Å². The summed E-state index contributed by atoms with van der Waals surface area (Å²) in [5.74, 6) is -0.401. The molecule has 1 aliphatic heterocycles. The van der Waals surface area contributed by atoms with Crippen molar-refractivity contribution < 1.29 is 18.0 Å². The number of fused-ring (bicyclic) bond motifs is 1. The number of hydrogen-bond donors (Lipinski definition) is 0. The molecule has 1 amide bonds. The lowest BCUT2D eigenvalue weighted by atomic mass is 10.0. The fourth-order valence-corrected chi connectivity index (χ4v) is 2.97. The molecular weight excluding hydrogens is 333 g/mol. The van der Waals surface area contributed by atoms with Gasteiger partial charge >= 0.3 is 6.18 Å². The molecule has 0 saturated heterocycles. The Hall–Kier alpha value is -2.27. The predicted octanol–water partition coefficient (Wildman–Crippen LogP) is 2.70. The highest BCUT2D eigenvalue weighted by atomic mass is 19.4. The van der Waals surface area contributed by atoms with E-state index in [9.17, 15) is 18.0 Å². The normalized spacial score (nSPS) is 14.7. The molecule has 8 heteroatoms. The number of hydrogen-bond acceptors (Lipinski definition) is 4. The lowest BCUT2D eigenvalue weighted by molar-refractivity contribution is -0.137. The first-order chi connectivity index (χ1) is 11.7. The van der Waals surface area contributed by atoms with Crippen molar-refractivity contribution in [3.05, 3.63) is 23.3 Å². The number of nitrogens with zero attached hydrogens (tertiary/aromatic N) is 4. The van der Waals surface area contributed by atoms with Crippen LogP contribution < -0.4 is 9.80 Å². The molecular formula is C17H21F3N4O. The van der Waals surface area contributed by atoms with E-state index >= 15 is 0 Å². The van der Waals surface area contributed by atoms with Crippen molar-refractivity contribution in [1.82, 2.24) is 4.90 Å². The van der Waals surface area contributed by atoms with Crippen LogP contribution in [0.1, 0.15) is 25.0 Å². The van der Waals surface area contributed by atoms with E-state index in [4.69, 9.17) is 5.26 Å². The molecule has 25 heavy (non-hydrogen) atoms. The third kappa shape index (κ3) is 3.87. The first kappa shape index (κ1) is 19.1. The average molecular weight is 354 g/mol. The number of likely N-dealkylation sites (N-methyl/N-ethyl adjacent to an activating group) is 2. The second-order valence-electron chi connectivity index (χ2n) is 5.90. The molecule has 0 spiro atoms. The monoisotopic (exact) mass is 354 g/mol. The van der Waals surface area contributed by atoms with Gasteiger partial charge in [0.2, 0.25) is 5.91 Å². The number of carbonyl (C=O) groups is 1. The Morgan fingerprint density at radius 3 is 2.44 bits per heavy atom. The maximum atomic E-state index is 13.5. The Kier molecular flexibility index (Phi) is 5.58. The number of nitriles is 1. The molecule has 5 nitrogen and oxygen atoms in total. The fourth-order valence-electron chi connectivity index (χ4n) is 2.97. The van der Waals surface area contributed by atoms with Crippen LogP contribution in [-0.4, -0.2) is 50.6 Å². The van der Waals surface area contributed by atoms with Gasteiger partial charge in [0, 0.05) is 20.1 Å². The number of benzene rings is 1. The third-order valence-electron chi connectivity index (χ3n) is 4.48. The molecule has 0 bridgehead atoms. The number of carbonyl (C=O) groups excluding carboxylic acids is 1. The minimum Gasteiger partial charge on any atom is -0.359 e. The summed E-state index contributed by atoms with van der Waals surface area (Å²) < 4.78 is 40.4. The molecule has 1 aromatic carbocycles. The molecule has 1 heterocycles. The Balaban J connectivity index is 2.51. The molecule has 2 rings (SSSR count). The van der Waals surface area contributed by atoms with Crippen molar-refractivity contribution in [2.75, 3.05) is 49.6 Å². The summed E-state index contributed by atoms with van der Waals surface area (Å²) in [4.78, 5) is 17.0. The van der Waals surface area contributed by atoms with Crippen molar-refractivity contribution in [1.29, 1.82) is 5.26 Å². The van der Waals surface area contributed by atoms with E-state index in [2.05, 4.69) is 4.90 Å². The Morgan fingerprint density at radius 1 is 1.28 bits per heavy atom. The number of rotatable bonds is 5.